The number of carboxylic acids is 1. The number of aromatic amines is 1. The van der Waals surface area contributed by atoms with Gasteiger partial charge in [-0.3, -0.25) is 14.4 Å². The molecule has 0 aliphatic carbocycles. The van der Waals surface area contributed by atoms with Gasteiger partial charge < -0.3 is 15.4 Å². The van der Waals surface area contributed by atoms with Gasteiger partial charge in [-0.2, -0.15) is 0 Å². The van der Waals surface area contributed by atoms with Gasteiger partial charge in [0.1, 0.15) is 0 Å². The molecule has 6 nitrogen and oxygen atoms in total. The lowest BCUT2D eigenvalue weighted by molar-refractivity contribution is -0.138. The van der Waals surface area contributed by atoms with Gasteiger partial charge in [0.05, 0.1) is 22.0 Å². The summed E-state index contributed by atoms with van der Waals surface area (Å²) in [5.41, 5.74) is -0.946. The van der Waals surface area contributed by atoms with Crippen molar-refractivity contribution >= 4 is 27.8 Å². The van der Waals surface area contributed by atoms with Gasteiger partial charge >= 0.3 is 5.97 Å². The van der Waals surface area contributed by atoms with Crippen molar-refractivity contribution in [1.82, 2.24) is 10.3 Å². The molecule has 0 aliphatic rings. The number of carboxylic acid groups (broad SMARTS) is 1. The Morgan fingerprint density at radius 1 is 1.50 bits per heavy atom. The maximum absolute atomic E-state index is 12.2. The van der Waals surface area contributed by atoms with Crippen LogP contribution in [0.25, 0.3) is 0 Å². The molecule has 1 unspecified atom stereocenters. The van der Waals surface area contributed by atoms with E-state index in [0.29, 0.717) is 0 Å². The Balaban J connectivity index is 2.99. The normalized spacial score (nSPS) is 13.8. The smallest absolute Gasteiger partial charge is 0.305 e. The van der Waals surface area contributed by atoms with Gasteiger partial charge in [0.2, 0.25) is 0 Å². The summed E-state index contributed by atoms with van der Waals surface area (Å²) in [6, 6.07) is 1.40. The summed E-state index contributed by atoms with van der Waals surface area (Å²) in [7, 11) is 0. The fraction of sp³-hybridized carbons (Fsp3) is 0.462. The zero-order chi connectivity index (χ0) is 15.5. The number of amides is 1. The second-order valence-electron chi connectivity index (χ2n) is 5.16. The van der Waals surface area contributed by atoms with E-state index in [2.05, 4.69) is 26.2 Å². The van der Waals surface area contributed by atoms with E-state index in [0.717, 1.165) is 0 Å². The van der Waals surface area contributed by atoms with Crippen LogP contribution >= 0.6 is 15.9 Å². The summed E-state index contributed by atoms with van der Waals surface area (Å²) in [6.07, 6.45) is 1.12. The molecule has 20 heavy (non-hydrogen) atoms. The second kappa shape index (κ2) is 6.21. The van der Waals surface area contributed by atoms with E-state index in [4.69, 9.17) is 5.11 Å². The van der Waals surface area contributed by atoms with E-state index in [1.54, 1.807) is 6.92 Å². The van der Waals surface area contributed by atoms with Crippen LogP contribution in [0.15, 0.2) is 21.5 Å². The second-order valence-corrected chi connectivity index (χ2v) is 6.02. The monoisotopic (exact) mass is 344 g/mol. The molecule has 1 aromatic rings. The van der Waals surface area contributed by atoms with Gasteiger partial charge in [-0.15, -0.1) is 0 Å². The van der Waals surface area contributed by atoms with Crippen molar-refractivity contribution in [3.63, 3.8) is 0 Å². The molecule has 1 heterocycles. The number of hydrogen-bond acceptors (Lipinski definition) is 3. The Kier molecular flexibility index (Phi) is 5.10. The molecular weight excluding hydrogens is 328 g/mol. The summed E-state index contributed by atoms with van der Waals surface area (Å²) < 4.78 is 0.245. The highest BCUT2D eigenvalue weighted by Crippen LogP contribution is 2.21. The molecule has 0 saturated carbocycles. The van der Waals surface area contributed by atoms with Crippen molar-refractivity contribution in [2.75, 3.05) is 0 Å². The van der Waals surface area contributed by atoms with Crippen LogP contribution in [0.3, 0.4) is 0 Å². The number of hydrogen-bond donors (Lipinski definition) is 3. The van der Waals surface area contributed by atoms with Crippen LogP contribution in [0, 0.1) is 5.92 Å². The molecule has 1 aromatic heterocycles. The van der Waals surface area contributed by atoms with Crippen molar-refractivity contribution in [3.05, 3.63) is 32.7 Å². The van der Waals surface area contributed by atoms with Gasteiger partial charge in [0, 0.05) is 6.20 Å². The number of pyridine rings is 1. The van der Waals surface area contributed by atoms with Gasteiger partial charge in [0.25, 0.3) is 11.5 Å². The Morgan fingerprint density at radius 2 is 2.10 bits per heavy atom. The summed E-state index contributed by atoms with van der Waals surface area (Å²) in [5, 5.41) is 11.7. The predicted molar refractivity (Wildman–Crippen MR) is 77.7 cm³/mol. The van der Waals surface area contributed by atoms with Crippen molar-refractivity contribution in [2.24, 2.45) is 5.92 Å². The predicted octanol–water partition coefficient (Wildman–Crippen LogP) is 1.76. The van der Waals surface area contributed by atoms with Crippen molar-refractivity contribution in [2.45, 2.75) is 32.7 Å². The van der Waals surface area contributed by atoms with E-state index in [1.165, 1.54) is 12.3 Å². The van der Waals surface area contributed by atoms with Crippen LogP contribution < -0.4 is 10.9 Å². The molecule has 7 heteroatoms. The summed E-state index contributed by atoms with van der Waals surface area (Å²) >= 11 is 3.05. The first-order chi connectivity index (χ1) is 9.15. The Labute approximate surface area is 124 Å². The van der Waals surface area contributed by atoms with E-state index < -0.39 is 17.4 Å². The fourth-order valence-corrected chi connectivity index (χ4v) is 1.99. The molecule has 3 N–H and O–H groups in total. The van der Waals surface area contributed by atoms with Gasteiger partial charge in [-0.1, -0.05) is 13.8 Å². The number of nitrogens with one attached hydrogen (secondary N) is 2. The molecule has 0 radical (unpaired) electrons. The zero-order valence-corrected chi connectivity index (χ0v) is 13.1. The van der Waals surface area contributed by atoms with Gasteiger partial charge in [0.15, 0.2) is 0 Å². The average molecular weight is 345 g/mol. The summed E-state index contributed by atoms with van der Waals surface area (Å²) in [6.45, 7) is 5.36. The van der Waals surface area contributed by atoms with E-state index in [-0.39, 0.29) is 27.9 Å². The third-order valence-corrected chi connectivity index (χ3v) is 3.90. The zero-order valence-electron chi connectivity index (χ0n) is 11.5. The van der Waals surface area contributed by atoms with E-state index in [9.17, 15) is 14.4 Å². The minimum absolute atomic E-state index is 0.0613. The number of H-pyrrole nitrogens is 1. The van der Waals surface area contributed by atoms with Gasteiger partial charge in [-0.05, 0) is 34.8 Å². The van der Waals surface area contributed by atoms with Crippen LogP contribution in [0.1, 0.15) is 37.6 Å². The van der Waals surface area contributed by atoms with Crippen LogP contribution in [-0.4, -0.2) is 27.5 Å². The Bertz CT molecular complexity index is 582. The maximum atomic E-state index is 12.2. The van der Waals surface area contributed by atoms with Crippen molar-refractivity contribution in [3.8, 4) is 0 Å². The summed E-state index contributed by atoms with van der Waals surface area (Å²) in [5.74, 6) is -1.47. The highest BCUT2D eigenvalue weighted by Gasteiger charge is 2.33. The molecule has 0 aliphatic heterocycles. The summed E-state index contributed by atoms with van der Waals surface area (Å²) in [4.78, 5) is 36.7. The maximum Gasteiger partial charge on any atom is 0.305 e. The minimum atomic E-state index is -0.982. The third-order valence-electron chi connectivity index (χ3n) is 3.31. The number of rotatable bonds is 5. The number of aliphatic carboxylic acids is 1. The number of carbonyl (C=O) groups excluding carboxylic acids is 1. The lowest BCUT2D eigenvalue weighted by Gasteiger charge is -2.33. The first-order valence-electron chi connectivity index (χ1n) is 6.08. The van der Waals surface area contributed by atoms with Crippen LogP contribution in [0.4, 0.5) is 0 Å². The molecule has 1 atom stereocenters. The molecule has 0 bridgehead atoms. The number of halogens is 1. The number of aromatic nitrogens is 1. The average Bonchev–Trinajstić information content (AvgIpc) is 2.31. The SMILES string of the molecule is CC(C)C(C)(CC(=O)O)NC(=O)c1c[nH]c(=O)c(Br)c1. The molecular formula is C13H17BrN2O4. The molecule has 1 rings (SSSR count). The lowest BCUT2D eigenvalue weighted by Crippen LogP contribution is -2.51. The quantitative estimate of drug-likeness (QED) is 0.757. The van der Waals surface area contributed by atoms with Crippen LogP contribution in [0.5, 0.6) is 0 Å². The first kappa shape index (κ1) is 16.4. The first-order valence-corrected chi connectivity index (χ1v) is 6.87. The van der Waals surface area contributed by atoms with Crippen LogP contribution in [0.2, 0.25) is 0 Å². The molecule has 0 spiro atoms. The lowest BCUT2D eigenvalue weighted by atomic mass is 9.85. The molecule has 0 aromatic carbocycles. The molecule has 0 fully saturated rings. The fourth-order valence-electron chi connectivity index (χ4n) is 1.63. The van der Waals surface area contributed by atoms with E-state index >= 15 is 0 Å². The third kappa shape index (κ3) is 3.93. The minimum Gasteiger partial charge on any atom is -0.481 e. The molecule has 110 valence electrons. The van der Waals surface area contributed by atoms with Crippen molar-refractivity contribution < 1.29 is 14.7 Å². The molecule has 0 saturated heterocycles. The highest BCUT2D eigenvalue weighted by atomic mass is 79.9. The van der Waals surface area contributed by atoms with E-state index in [1.807, 2.05) is 13.8 Å². The number of carbonyl (C=O) groups is 2. The van der Waals surface area contributed by atoms with Crippen molar-refractivity contribution in [1.29, 1.82) is 0 Å². The largest absolute Gasteiger partial charge is 0.481 e. The Morgan fingerprint density at radius 3 is 2.55 bits per heavy atom. The standard InChI is InChI=1S/C13H17BrN2O4/c1-7(2)13(3,5-10(17)18)16-11(19)8-4-9(14)12(20)15-6-8/h4,6-7H,5H2,1-3H3,(H,15,20)(H,16,19)(H,17,18). The van der Waals surface area contributed by atoms with Crippen LogP contribution in [-0.2, 0) is 4.79 Å². The molecule has 1 amide bonds. The van der Waals surface area contributed by atoms with Gasteiger partial charge in [-0.25, -0.2) is 0 Å². The Hall–Kier alpha value is -1.63. The highest BCUT2D eigenvalue weighted by molar-refractivity contribution is 9.10. The topological polar surface area (TPSA) is 99.3 Å².